The first-order chi connectivity index (χ1) is 11.4. The van der Waals surface area contributed by atoms with E-state index in [1.807, 2.05) is 27.7 Å². The van der Waals surface area contributed by atoms with E-state index in [1.165, 1.54) is 77.8 Å². The second-order valence-electron chi connectivity index (χ2n) is 5.71. The summed E-state index contributed by atoms with van der Waals surface area (Å²) in [6, 6.07) is 0. The number of hydrogen-bond donors (Lipinski definition) is 0. The van der Waals surface area contributed by atoms with Crippen molar-refractivity contribution >= 4 is 6.29 Å². The van der Waals surface area contributed by atoms with Crippen molar-refractivity contribution < 1.29 is 4.79 Å². The zero-order valence-electron chi connectivity index (χ0n) is 16.8. The van der Waals surface area contributed by atoms with E-state index in [2.05, 4.69) is 16.7 Å². The van der Waals surface area contributed by atoms with Crippen LogP contribution >= 0.6 is 0 Å². The lowest BCUT2D eigenvalue weighted by Gasteiger charge is -2.33. The molecule has 0 bridgehead atoms. The third-order valence-electron chi connectivity index (χ3n) is 4.21. The fraction of sp³-hybridized carbons (Fsp3) is 0.950. The molecule has 0 aliphatic carbocycles. The van der Waals surface area contributed by atoms with Crippen molar-refractivity contribution in [3.05, 3.63) is 0 Å². The van der Waals surface area contributed by atoms with Gasteiger partial charge in [-0.05, 0) is 25.9 Å². The van der Waals surface area contributed by atoms with Gasteiger partial charge >= 0.3 is 0 Å². The summed E-state index contributed by atoms with van der Waals surface area (Å²) >= 11 is 0. The highest BCUT2D eigenvalue weighted by Gasteiger charge is 2.14. The Morgan fingerprint density at radius 2 is 1.13 bits per heavy atom. The summed E-state index contributed by atoms with van der Waals surface area (Å²) in [6.07, 6.45) is 10.9. The van der Waals surface area contributed by atoms with Gasteiger partial charge in [0.1, 0.15) is 6.29 Å². The van der Waals surface area contributed by atoms with E-state index in [1.54, 1.807) is 0 Å². The van der Waals surface area contributed by atoms with E-state index < -0.39 is 0 Å². The van der Waals surface area contributed by atoms with Gasteiger partial charge in [0.05, 0.1) is 0 Å². The summed E-state index contributed by atoms with van der Waals surface area (Å²) in [5.74, 6) is 0. The monoisotopic (exact) mass is 328 g/mol. The Labute approximate surface area is 146 Å². The molecule has 1 rings (SSSR count). The van der Waals surface area contributed by atoms with E-state index >= 15 is 0 Å². The van der Waals surface area contributed by atoms with Crippen molar-refractivity contribution in [2.24, 2.45) is 0 Å². The van der Waals surface area contributed by atoms with Gasteiger partial charge in [-0.15, -0.1) is 0 Å². The molecule has 0 atom stereocenters. The second-order valence-corrected chi connectivity index (χ2v) is 5.71. The molecular weight excluding hydrogens is 284 g/mol. The van der Waals surface area contributed by atoms with Crippen molar-refractivity contribution in [1.29, 1.82) is 0 Å². The van der Waals surface area contributed by atoms with Crippen LogP contribution in [0.15, 0.2) is 0 Å². The van der Waals surface area contributed by atoms with Gasteiger partial charge in [0, 0.05) is 32.6 Å². The summed E-state index contributed by atoms with van der Waals surface area (Å²) in [5.41, 5.74) is 0. The van der Waals surface area contributed by atoms with Crippen LogP contribution in [0.2, 0.25) is 0 Å². The van der Waals surface area contributed by atoms with Gasteiger partial charge < -0.3 is 14.6 Å². The van der Waals surface area contributed by atoms with Crippen molar-refractivity contribution in [3.8, 4) is 0 Å². The zero-order valence-corrected chi connectivity index (χ0v) is 16.8. The van der Waals surface area contributed by atoms with Crippen molar-refractivity contribution in [3.63, 3.8) is 0 Å². The molecule has 3 nitrogen and oxygen atoms in total. The molecule has 0 spiro atoms. The van der Waals surface area contributed by atoms with E-state index in [0.717, 1.165) is 19.1 Å². The molecule has 1 aliphatic rings. The van der Waals surface area contributed by atoms with Gasteiger partial charge in [0.25, 0.3) is 0 Å². The third kappa shape index (κ3) is 16.2. The first-order valence-corrected chi connectivity index (χ1v) is 10.2. The number of unbranched alkanes of at least 4 members (excludes halogenated alkanes) is 7. The predicted molar refractivity (Wildman–Crippen MR) is 104 cm³/mol. The number of rotatable bonds is 11. The molecule has 3 heteroatoms. The Balaban J connectivity index is 0. The van der Waals surface area contributed by atoms with Crippen LogP contribution in [0.3, 0.4) is 0 Å². The third-order valence-corrected chi connectivity index (χ3v) is 4.21. The highest BCUT2D eigenvalue weighted by atomic mass is 16.1. The Morgan fingerprint density at radius 3 is 1.61 bits per heavy atom. The van der Waals surface area contributed by atoms with E-state index in [9.17, 15) is 4.79 Å². The number of hydrogen-bond acceptors (Lipinski definition) is 3. The molecule has 1 saturated heterocycles. The number of carbonyl (C=O) groups excluding carboxylic acids is 1. The van der Waals surface area contributed by atoms with Crippen molar-refractivity contribution in [2.75, 3.05) is 39.3 Å². The van der Waals surface area contributed by atoms with Crippen molar-refractivity contribution in [1.82, 2.24) is 9.80 Å². The molecule has 140 valence electrons. The van der Waals surface area contributed by atoms with Gasteiger partial charge in [0.2, 0.25) is 0 Å². The van der Waals surface area contributed by atoms with Crippen LogP contribution in [0.5, 0.6) is 0 Å². The van der Waals surface area contributed by atoms with Crippen molar-refractivity contribution in [2.45, 2.75) is 86.0 Å². The minimum atomic E-state index is 0.754. The number of likely N-dealkylation sites (N-methyl/N-ethyl adjacent to an activating group) is 1. The quantitative estimate of drug-likeness (QED) is 0.394. The summed E-state index contributed by atoms with van der Waals surface area (Å²) in [5, 5.41) is 0. The maximum absolute atomic E-state index is 10.2. The molecule has 1 aliphatic heterocycles. The molecular formula is C20H44N2O. The smallest absolute Gasteiger partial charge is 0.119 e. The highest BCUT2D eigenvalue weighted by molar-refractivity contribution is 5.48. The largest absolute Gasteiger partial charge is 0.303 e. The van der Waals surface area contributed by atoms with Crippen LogP contribution in [0.25, 0.3) is 0 Å². The molecule has 1 heterocycles. The summed E-state index contributed by atoms with van der Waals surface area (Å²) in [7, 11) is 0. The van der Waals surface area contributed by atoms with E-state index in [4.69, 9.17) is 0 Å². The topological polar surface area (TPSA) is 23.6 Å². The molecule has 0 aromatic heterocycles. The number of nitrogens with zero attached hydrogens (tertiary/aromatic N) is 2. The molecule has 0 aromatic carbocycles. The lowest BCUT2D eigenvalue weighted by molar-refractivity contribution is -0.107. The van der Waals surface area contributed by atoms with Gasteiger partial charge in [-0.25, -0.2) is 0 Å². The molecule has 0 saturated carbocycles. The molecule has 0 aromatic rings. The maximum Gasteiger partial charge on any atom is 0.119 e. The maximum atomic E-state index is 10.2. The molecule has 23 heavy (non-hydrogen) atoms. The van der Waals surface area contributed by atoms with Crippen LogP contribution in [-0.2, 0) is 4.79 Å². The lowest BCUT2D eigenvalue weighted by atomic mass is 10.1. The molecule has 0 N–H and O–H groups in total. The summed E-state index contributed by atoms with van der Waals surface area (Å²) in [4.78, 5) is 15.3. The summed E-state index contributed by atoms with van der Waals surface area (Å²) in [6.45, 7) is 17.8. The van der Waals surface area contributed by atoms with Crippen LogP contribution in [-0.4, -0.2) is 55.4 Å². The Hall–Kier alpha value is -0.410. The van der Waals surface area contributed by atoms with Gasteiger partial charge in [-0.1, -0.05) is 66.7 Å². The predicted octanol–water partition coefficient (Wildman–Crippen LogP) is 5.00. The number of aldehydes is 1. The SMILES string of the molecule is CC.CC.CCN1CCN(CCCCCCCCCC=O)CC1. The first-order valence-electron chi connectivity index (χ1n) is 10.2. The lowest BCUT2D eigenvalue weighted by Crippen LogP contribution is -2.46. The van der Waals surface area contributed by atoms with Crippen LogP contribution in [0, 0.1) is 0 Å². The molecule has 0 unspecified atom stereocenters. The number of piperazine rings is 1. The number of carbonyl (C=O) groups is 1. The Bertz CT molecular complexity index is 214. The van der Waals surface area contributed by atoms with Gasteiger partial charge in [0.15, 0.2) is 0 Å². The van der Waals surface area contributed by atoms with Crippen LogP contribution in [0.1, 0.15) is 86.0 Å². The Morgan fingerprint density at radius 1 is 0.696 bits per heavy atom. The second kappa shape index (κ2) is 21.6. The van der Waals surface area contributed by atoms with Gasteiger partial charge in [-0.3, -0.25) is 0 Å². The average Bonchev–Trinajstić information content (AvgIpc) is 2.64. The van der Waals surface area contributed by atoms with E-state index in [0.29, 0.717) is 0 Å². The standard InChI is InChI=1S/C16H32N2O.2C2H6/c1-2-17-12-14-18(15-13-17)11-9-7-5-3-4-6-8-10-16-19;2*1-2/h16H,2-15H2,1H3;2*1-2H3. The zero-order chi connectivity index (χ0) is 17.8. The fourth-order valence-corrected chi connectivity index (χ4v) is 2.78. The fourth-order valence-electron chi connectivity index (χ4n) is 2.78. The highest BCUT2D eigenvalue weighted by Crippen LogP contribution is 2.09. The van der Waals surface area contributed by atoms with Crippen LogP contribution < -0.4 is 0 Å². The minimum Gasteiger partial charge on any atom is -0.303 e. The first kappa shape index (κ1) is 24.8. The minimum absolute atomic E-state index is 0.754. The summed E-state index contributed by atoms with van der Waals surface area (Å²) < 4.78 is 0. The molecule has 0 radical (unpaired) electrons. The Kier molecular flexibility index (Phi) is 23.3. The van der Waals surface area contributed by atoms with Gasteiger partial charge in [-0.2, -0.15) is 0 Å². The normalized spacial score (nSPS) is 15.2. The molecule has 1 fully saturated rings. The average molecular weight is 329 g/mol. The van der Waals surface area contributed by atoms with Crippen LogP contribution in [0.4, 0.5) is 0 Å². The molecule has 0 amide bonds. The van der Waals surface area contributed by atoms with E-state index in [-0.39, 0.29) is 0 Å².